The molecule has 0 aromatic heterocycles. The number of rotatable bonds is 2. The molecule has 2 rings (SSSR count). The molecule has 1 atom stereocenters. The second-order valence-electron chi connectivity index (χ2n) is 3.99. The van der Waals surface area contributed by atoms with Crippen LogP contribution in [0.2, 0.25) is 10.0 Å². The van der Waals surface area contributed by atoms with Crippen molar-refractivity contribution >= 4 is 35.1 Å². The van der Waals surface area contributed by atoms with Gasteiger partial charge in [-0.25, -0.2) is 4.79 Å². The topological polar surface area (TPSA) is 75.4 Å². The summed E-state index contributed by atoms with van der Waals surface area (Å²) >= 11 is 11.8. The molecule has 0 spiro atoms. The molecule has 0 radical (unpaired) electrons. The lowest BCUT2D eigenvalue weighted by atomic mass is 10.1. The quantitative estimate of drug-likeness (QED) is 0.870. The summed E-state index contributed by atoms with van der Waals surface area (Å²) in [4.78, 5) is 24.1. The summed E-state index contributed by atoms with van der Waals surface area (Å²) in [6.45, 7) is 0.232. The van der Waals surface area contributed by atoms with Crippen molar-refractivity contribution < 1.29 is 9.59 Å². The van der Waals surface area contributed by atoms with E-state index in [4.69, 9.17) is 28.9 Å². The third-order valence-electron chi connectivity index (χ3n) is 2.66. The number of benzene rings is 1. The lowest BCUT2D eigenvalue weighted by Gasteiger charge is -2.32. The highest BCUT2D eigenvalue weighted by atomic mass is 35.5. The molecule has 3 amide bonds. The number of nitrogens with zero attached hydrogens (tertiary/aromatic N) is 1. The Balaban J connectivity index is 2.17. The summed E-state index contributed by atoms with van der Waals surface area (Å²) in [5.74, 6) is -0.369. The molecule has 1 aliphatic heterocycles. The van der Waals surface area contributed by atoms with Crippen LogP contribution in [-0.2, 0) is 11.3 Å². The van der Waals surface area contributed by atoms with Crippen LogP contribution in [0.25, 0.3) is 0 Å². The fraction of sp³-hybridized carbons (Fsp3) is 0.273. The number of amides is 3. The van der Waals surface area contributed by atoms with Gasteiger partial charge in [0.05, 0.1) is 19.1 Å². The molecular formula is C11H11Cl2N3O2. The molecule has 1 fully saturated rings. The van der Waals surface area contributed by atoms with Gasteiger partial charge in [0.15, 0.2) is 0 Å². The van der Waals surface area contributed by atoms with Crippen LogP contribution in [0.4, 0.5) is 4.79 Å². The predicted molar refractivity (Wildman–Crippen MR) is 68.1 cm³/mol. The van der Waals surface area contributed by atoms with E-state index in [0.29, 0.717) is 10.0 Å². The highest BCUT2D eigenvalue weighted by Crippen LogP contribution is 2.23. The number of halogens is 2. The summed E-state index contributed by atoms with van der Waals surface area (Å²) in [6, 6.07) is 4.49. The van der Waals surface area contributed by atoms with Crippen LogP contribution in [0.15, 0.2) is 18.2 Å². The molecule has 3 N–H and O–H groups in total. The summed E-state index contributed by atoms with van der Waals surface area (Å²) in [5, 5.41) is 3.19. The lowest BCUT2D eigenvalue weighted by Crippen LogP contribution is -2.57. The van der Waals surface area contributed by atoms with Crippen molar-refractivity contribution in [3.8, 4) is 0 Å². The predicted octanol–water partition coefficient (Wildman–Crippen LogP) is 1.72. The molecule has 1 aliphatic rings. The first kappa shape index (κ1) is 13.1. The summed E-state index contributed by atoms with van der Waals surface area (Å²) < 4.78 is 0. The maximum atomic E-state index is 11.6. The van der Waals surface area contributed by atoms with E-state index in [2.05, 4.69) is 5.32 Å². The minimum atomic E-state index is -0.641. The van der Waals surface area contributed by atoms with Gasteiger partial charge >= 0.3 is 6.03 Å². The molecule has 0 aliphatic carbocycles. The molecule has 0 saturated carbocycles. The van der Waals surface area contributed by atoms with Crippen molar-refractivity contribution in [2.75, 3.05) is 0 Å². The van der Waals surface area contributed by atoms with Gasteiger partial charge in [-0.05, 0) is 17.7 Å². The Labute approximate surface area is 114 Å². The largest absolute Gasteiger partial charge is 0.325 e. The maximum absolute atomic E-state index is 11.6. The van der Waals surface area contributed by atoms with Gasteiger partial charge in [0, 0.05) is 10.0 Å². The van der Waals surface area contributed by atoms with Crippen LogP contribution in [0.3, 0.4) is 0 Å². The molecule has 1 aromatic carbocycles. The number of hydrogen-bond acceptors (Lipinski definition) is 3. The van der Waals surface area contributed by atoms with Crippen molar-refractivity contribution in [1.82, 2.24) is 10.2 Å². The molecule has 96 valence electrons. The van der Waals surface area contributed by atoms with E-state index in [1.807, 2.05) is 0 Å². The minimum Gasteiger partial charge on any atom is -0.311 e. The first-order valence-electron chi connectivity index (χ1n) is 5.27. The smallest absolute Gasteiger partial charge is 0.311 e. The van der Waals surface area contributed by atoms with Crippen LogP contribution in [0.5, 0.6) is 0 Å². The zero-order chi connectivity index (χ0) is 13.3. The third kappa shape index (κ3) is 2.75. The van der Waals surface area contributed by atoms with Crippen molar-refractivity contribution in [2.24, 2.45) is 5.73 Å². The Morgan fingerprint density at radius 1 is 1.39 bits per heavy atom. The number of nitrogens with two attached hydrogens (primary N) is 1. The zero-order valence-corrected chi connectivity index (χ0v) is 10.8. The molecule has 1 saturated heterocycles. The molecule has 18 heavy (non-hydrogen) atoms. The second kappa shape index (κ2) is 5.14. The SMILES string of the molecule is NC1CC(=O)NC(=O)N1Cc1ccc(Cl)cc1Cl. The van der Waals surface area contributed by atoms with Gasteiger partial charge in [0.25, 0.3) is 0 Å². The molecule has 7 heteroatoms. The Morgan fingerprint density at radius 3 is 2.72 bits per heavy atom. The van der Waals surface area contributed by atoms with E-state index >= 15 is 0 Å². The second-order valence-corrected chi connectivity index (χ2v) is 4.83. The van der Waals surface area contributed by atoms with E-state index < -0.39 is 12.2 Å². The number of carbonyl (C=O) groups excluding carboxylic acids is 2. The molecule has 1 heterocycles. The highest BCUT2D eigenvalue weighted by Gasteiger charge is 2.30. The summed E-state index contributed by atoms with van der Waals surface area (Å²) in [6.07, 6.45) is -0.560. The van der Waals surface area contributed by atoms with Crippen LogP contribution < -0.4 is 11.1 Å². The number of carbonyl (C=O) groups is 2. The monoisotopic (exact) mass is 287 g/mol. The van der Waals surface area contributed by atoms with Gasteiger partial charge in [-0.15, -0.1) is 0 Å². The van der Waals surface area contributed by atoms with Gasteiger partial charge < -0.3 is 10.6 Å². The van der Waals surface area contributed by atoms with E-state index in [0.717, 1.165) is 5.56 Å². The highest BCUT2D eigenvalue weighted by molar-refractivity contribution is 6.35. The average molecular weight is 288 g/mol. The Bertz CT molecular complexity index is 507. The molecule has 0 bridgehead atoms. The third-order valence-corrected chi connectivity index (χ3v) is 3.24. The number of urea groups is 1. The minimum absolute atomic E-state index is 0.0803. The fourth-order valence-electron chi connectivity index (χ4n) is 1.72. The lowest BCUT2D eigenvalue weighted by molar-refractivity contribution is -0.122. The summed E-state index contributed by atoms with van der Waals surface area (Å²) in [5.41, 5.74) is 6.49. The Hall–Kier alpha value is -1.30. The van der Waals surface area contributed by atoms with E-state index in [-0.39, 0.29) is 18.9 Å². The molecular weight excluding hydrogens is 277 g/mol. The first-order chi connectivity index (χ1) is 8.47. The fourth-order valence-corrected chi connectivity index (χ4v) is 2.18. The van der Waals surface area contributed by atoms with Crippen molar-refractivity contribution in [3.63, 3.8) is 0 Å². The number of nitrogens with one attached hydrogen (secondary N) is 1. The molecule has 1 unspecified atom stereocenters. The molecule has 1 aromatic rings. The van der Waals surface area contributed by atoms with Crippen LogP contribution in [-0.4, -0.2) is 23.0 Å². The first-order valence-corrected chi connectivity index (χ1v) is 6.03. The number of hydrogen-bond donors (Lipinski definition) is 2. The van der Waals surface area contributed by atoms with Crippen LogP contribution in [0.1, 0.15) is 12.0 Å². The number of imide groups is 1. The van der Waals surface area contributed by atoms with Gasteiger partial charge in [-0.1, -0.05) is 29.3 Å². The van der Waals surface area contributed by atoms with E-state index in [1.54, 1.807) is 18.2 Å². The Morgan fingerprint density at radius 2 is 2.11 bits per heavy atom. The molecule has 5 nitrogen and oxygen atoms in total. The normalized spacial score (nSPS) is 19.9. The van der Waals surface area contributed by atoms with Crippen LogP contribution in [0, 0.1) is 0 Å². The van der Waals surface area contributed by atoms with Crippen molar-refractivity contribution in [1.29, 1.82) is 0 Å². The average Bonchev–Trinajstić information content (AvgIpc) is 2.25. The van der Waals surface area contributed by atoms with Crippen LogP contribution >= 0.6 is 23.2 Å². The van der Waals surface area contributed by atoms with Gasteiger partial charge in [0.2, 0.25) is 5.91 Å². The standard InChI is InChI=1S/C11H11Cl2N3O2/c12-7-2-1-6(8(13)3-7)5-16-9(14)4-10(17)15-11(16)18/h1-3,9H,4-5,14H2,(H,15,17,18). The van der Waals surface area contributed by atoms with Crippen molar-refractivity contribution in [2.45, 2.75) is 19.1 Å². The van der Waals surface area contributed by atoms with Gasteiger partial charge in [0.1, 0.15) is 0 Å². The maximum Gasteiger partial charge on any atom is 0.325 e. The van der Waals surface area contributed by atoms with Crippen molar-refractivity contribution in [3.05, 3.63) is 33.8 Å². The van der Waals surface area contributed by atoms with Gasteiger partial charge in [-0.3, -0.25) is 10.1 Å². The van der Waals surface area contributed by atoms with E-state index in [1.165, 1.54) is 4.90 Å². The van der Waals surface area contributed by atoms with E-state index in [9.17, 15) is 9.59 Å². The Kier molecular flexibility index (Phi) is 3.75. The zero-order valence-electron chi connectivity index (χ0n) is 9.32. The van der Waals surface area contributed by atoms with Gasteiger partial charge in [-0.2, -0.15) is 0 Å². The summed E-state index contributed by atoms with van der Waals surface area (Å²) in [7, 11) is 0.